The molecule has 0 unspecified atom stereocenters. The van der Waals surface area contributed by atoms with Crippen molar-refractivity contribution in [1.29, 1.82) is 5.26 Å². The molecule has 0 aliphatic heterocycles. The van der Waals surface area contributed by atoms with Gasteiger partial charge >= 0.3 is 0 Å². The number of ether oxygens (including phenoxy) is 3. The van der Waals surface area contributed by atoms with Crippen molar-refractivity contribution in [2.24, 2.45) is 0 Å². The molecule has 0 heterocycles. The van der Waals surface area contributed by atoms with E-state index in [0.717, 1.165) is 0 Å². The summed E-state index contributed by atoms with van der Waals surface area (Å²) in [6.07, 6.45) is -0.673. The van der Waals surface area contributed by atoms with Crippen LogP contribution in [0.25, 0.3) is 0 Å². The number of hydrogen-bond acceptors (Lipinski definition) is 5. The highest BCUT2D eigenvalue weighted by Crippen LogP contribution is 2.28. The maximum absolute atomic E-state index is 11.8. The lowest BCUT2D eigenvalue weighted by molar-refractivity contribution is -0.127. The molecule has 0 aliphatic rings. The third-order valence-electron chi connectivity index (χ3n) is 2.57. The Hall–Kier alpha value is -2.26. The maximum atomic E-state index is 11.8. The smallest absolute Gasteiger partial charge is 0.260 e. The van der Waals surface area contributed by atoms with Crippen LogP contribution in [0.1, 0.15) is 12.5 Å². The van der Waals surface area contributed by atoms with Crippen LogP contribution in [-0.4, -0.2) is 39.4 Å². The van der Waals surface area contributed by atoms with Crippen molar-refractivity contribution in [3.8, 4) is 17.6 Å². The van der Waals surface area contributed by atoms with Crippen LogP contribution in [0.3, 0.4) is 0 Å². The number of methoxy groups -OCH3 is 2. The highest BCUT2D eigenvalue weighted by molar-refractivity contribution is 5.80. The maximum Gasteiger partial charge on any atom is 0.260 e. The number of nitrogens with zero attached hydrogens (tertiary/aromatic N) is 1. The number of nitriles is 1. The van der Waals surface area contributed by atoms with E-state index in [2.05, 4.69) is 5.32 Å². The molecular formula is C14H18N2O4. The molecule has 1 rings (SSSR count). The van der Waals surface area contributed by atoms with Crippen molar-refractivity contribution in [1.82, 2.24) is 5.32 Å². The number of carbonyl (C=O) groups is 1. The molecule has 0 fully saturated rings. The minimum absolute atomic E-state index is 0.242. The Labute approximate surface area is 118 Å². The fourth-order valence-electron chi connectivity index (χ4n) is 1.50. The Bertz CT molecular complexity index is 496. The minimum Gasteiger partial charge on any atom is -0.493 e. The van der Waals surface area contributed by atoms with Crippen molar-refractivity contribution >= 4 is 5.91 Å². The molecule has 6 nitrogen and oxygen atoms in total. The fourth-order valence-corrected chi connectivity index (χ4v) is 1.50. The summed E-state index contributed by atoms with van der Waals surface area (Å²) < 4.78 is 15.5. The molecule has 1 atom stereocenters. The van der Waals surface area contributed by atoms with Gasteiger partial charge in [0.1, 0.15) is 0 Å². The molecule has 0 aromatic heterocycles. The van der Waals surface area contributed by atoms with Crippen LogP contribution in [0.15, 0.2) is 18.2 Å². The zero-order valence-electron chi connectivity index (χ0n) is 11.8. The summed E-state index contributed by atoms with van der Waals surface area (Å²) in [5.41, 5.74) is 0.464. The molecule has 0 aliphatic carbocycles. The molecule has 0 radical (unpaired) electrons. The largest absolute Gasteiger partial charge is 0.493 e. The Balaban J connectivity index is 2.68. The second-order valence-electron chi connectivity index (χ2n) is 4.02. The summed E-state index contributed by atoms with van der Waals surface area (Å²) in [5.74, 6) is 0.593. The molecule has 1 aromatic rings. The van der Waals surface area contributed by atoms with E-state index in [1.165, 1.54) is 7.11 Å². The van der Waals surface area contributed by atoms with Crippen molar-refractivity contribution in [2.75, 3.05) is 27.4 Å². The first-order valence-corrected chi connectivity index (χ1v) is 6.13. The number of benzene rings is 1. The molecular weight excluding hydrogens is 260 g/mol. The molecule has 1 N–H and O–H groups in total. The molecule has 1 aromatic carbocycles. The standard InChI is InChI=1S/C14H18N2O4/c1-10(14(17)16-6-7-18-2)20-12-5-4-11(9-15)8-13(12)19-3/h4-5,8,10H,6-7H2,1-3H3,(H,16,17)/t10-/m1/s1. The van der Waals surface area contributed by atoms with Gasteiger partial charge in [0, 0.05) is 19.7 Å². The Kier molecular flexibility index (Phi) is 6.33. The van der Waals surface area contributed by atoms with E-state index in [4.69, 9.17) is 19.5 Å². The zero-order valence-corrected chi connectivity index (χ0v) is 11.8. The van der Waals surface area contributed by atoms with E-state index < -0.39 is 6.10 Å². The van der Waals surface area contributed by atoms with Crippen LogP contribution in [-0.2, 0) is 9.53 Å². The van der Waals surface area contributed by atoms with Gasteiger partial charge in [-0.05, 0) is 19.1 Å². The van der Waals surface area contributed by atoms with Crippen molar-refractivity contribution in [3.63, 3.8) is 0 Å². The van der Waals surface area contributed by atoms with Gasteiger partial charge in [-0.2, -0.15) is 5.26 Å². The lowest BCUT2D eigenvalue weighted by atomic mass is 10.2. The third kappa shape index (κ3) is 4.44. The Morgan fingerprint density at radius 3 is 2.75 bits per heavy atom. The van der Waals surface area contributed by atoms with Gasteiger partial charge in [-0.25, -0.2) is 0 Å². The van der Waals surface area contributed by atoms with Gasteiger partial charge in [-0.15, -0.1) is 0 Å². The van der Waals surface area contributed by atoms with Crippen molar-refractivity contribution in [3.05, 3.63) is 23.8 Å². The number of nitrogens with one attached hydrogen (secondary N) is 1. The van der Waals surface area contributed by atoms with Crippen LogP contribution < -0.4 is 14.8 Å². The molecule has 20 heavy (non-hydrogen) atoms. The lowest BCUT2D eigenvalue weighted by Gasteiger charge is -2.16. The summed E-state index contributed by atoms with van der Waals surface area (Å²) in [4.78, 5) is 11.8. The fraction of sp³-hybridized carbons (Fsp3) is 0.429. The van der Waals surface area contributed by atoms with Crippen LogP contribution >= 0.6 is 0 Å². The quantitative estimate of drug-likeness (QED) is 0.755. The predicted octanol–water partition coefficient (Wildman–Crippen LogP) is 1.10. The lowest BCUT2D eigenvalue weighted by Crippen LogP contribution is -2.38. The second kappa shape index (κ2) is 8.02. The minimum atomic E-state index is -0.673. The molecule has 1 amide bonds. The first-order chi connectivity index (χ1) is 9.62. The second-order valence-corrected chi connectivity index (χ2v) is 4.02. The van der Waals surface area contributed by atoms with Crippen LogP contribution in [0.4, 0.5) is 0 Å². The molecule has 108 valence electrons. The summed E-state index contributed by atoms with van der Waals surface area (Å²) in [6.45, 7) is 2.51. The van der Waals surface area contributed by atoms with Gasteiger partial charge in [0.2, 0.25) is 0 Å². The van der Waals surface area contributed by atoms with E-state index in [-0.39, 0.29) is 5.91 Å². The van der Waals surface area contributed by atoms with Crippen LogP contribution in [0.2, 0.25) is 0 Å². The summed E-state index contributed by atoms with van der Waals surface area (Å²) in [7, 11) is 3.04. The third-order valence-corrected chi connectivity index (χ3v) is 2.57. The van der Waals surface area contributed by atoms with Crippen molar-refractivity contribution in [2.45, 2.75) is 13.0 Å². The zero-order chi connectivity index (χ0) is 15.0. The van der Waals surface area contributed by atoms with E-state index >= 15 is 0 Å². The van der Waals surface area contributed by atoms with Crippen molar-refractivity contribution < 1.29 is 19.0 Å². The van der Waals surface area contributed by atoms with E-state index in [1.807, 2.05) is 6.07 Å². The van der Waals surface area contributed by atoms with Gasteiger partial charge in [0.15, 0.2) is 17.6 Å². The van der Waals surface area contributed by atoms with E-state index in [0.29, 0.717) is 30.2 Å². The molecule has 0 saturated heterocycles. The number of carbonyl (C=O) groups excluding carboxylic acids is 1. The SMILES string of the molecule is COCCNC(=O)[C@@H](C)Oc1ccc(C#N)cc1OC. The average molecular weight is 278 g/mol. The van der Waals surface area contributed by atoms with Crippen LogP contribution in [0.5, 0.6) is 11.5 Å². The molecule has 6 heteroatoms. The number of amides is 1. The van der Waals surface area contributed by atoms with Gasteiger partial charge < -0.3 is 19.5 Å². The normalized spacial score (nSPS) is 11.3. The van der Waals surface area contributed by atoms with E-state index in [9.17, 15) is 4.79 Å². The van der Waals surface area contributed by atoms with Gasteiger partial charge in [0.25, 0.3) is 5.91 Å². The van der Waals surface area contributed by atoms with Crippen LogP contribution in [0, 0.1) is 11.3 Å². The first-order valence-electron chi connectivity index (χ1n) is 6.13. The highest BCUT2D eigenvalue weighted by atomic mass is 16.5. The highest BCUT2D eigenvalue weighted by Gasteiger charge is 2.16. The average Bonchev–Trinajstić information content (AvgIpc) is 2.47. The number of hydrogen-bond donors (Lipinski definition) is 1. The predicted molar refractivity (Wildman–Crippen MR) is 72.7 cm³/mol. The van der Waals surface area contributed by atoms with Gasteiger partial charge in [-0.1, -0.05) is 0 Å². The molecule has 0 saturated carbocycles. The Morgan fingerprint density at radius 2 is 2.15 bits per heavy atom. The first kappa shape index (κ1) is 15.8. The summed E-state index contributed by atoms with van der Waals surface area (Å²) in [6, 6.07) is 6.78. The monoisotopic (exact) mass is 278 g/mol. The summed E-state index contributed by atoms with van der Waals surface area (Å²) >= 11 is 0. The molecule has 0 spiro atoms. The number of rotatable bonds is 7. The summed E-state index contributed by atoms with van der Waals surface area (Å²) in [5, 5.41) is 11.5. The van der Waals surface area contributed by atoms with E-state index in [1.54, 1.807) is 32.2 Å². The van der Waals surface area contributed by atoms with Gasteiger partial charge in [-0.3, -0.25) is 4.79 Å². The van der Waals surface area contributed by atoms with Gasteiger partial charge in [0.05, 0.1) is 25.3 Å². The Morgan fingerprint density at radius 1 is 1.40 bits per heavy atom. The molecule has 0 bridgehead atoms. The topological polar surface area (TPSA) is 80.6 Å².